The SMILES string of the molecule is COc1ccc(COc2ccc(C(=O)N3CCC(C(=O)N/N=C/C4(C)[C@H](C(=O)OC(c5ccccc5)c5ccccc5)N5C(=O)C[C@H]5S4(=O)=O)C3)c(Cl)c2OCc2ccc(OC)cc2)cc1. The van der Waals surface area contributed by atoms with Crippen molar-refractivity contribution < 1.29 is 51.3 Å². The number of fused-ring (bicyclic) bond motifs is 1. The lowest BCUT2D eigenvalue weighted by atomic mass is 9.96. The van der Waals surface area contributed by atoms with Crippen LogP contribution in [0.25, 0.3) is 0 Å². The maximum atomic E-state index is 14.2. The van der Waals surface area contributed by atoms with Crippen LogP contribution in [0.15, 0.2) is 126 Å². The number of benzene rings is 5. The number of likely N-dealkylation sites (tertiary alicyclic amines) is 1. The smallest absolute Gasteiger partial charge is 0.331 e. The summed E-state index contributed by atoms with van der Waals surface area (Å²) in [6.07, 6.45) is 0.0519. The van der Waals surface area contributed by atoms with Crippen LogP contribution in [-0.4, -0.2) is 91.6 Å². The van der Waals surface area contributed by atoms with E-state index in [1.54, 1.807) is 87.0 Å². The summed E-state index contributed by atoms with van der Waals surface area (Å²) in [6, 6.07) is 34.2. The number of hydrazone groups is 1. The molecular weight excluding hydrogens is 888 g/mol. The molecule has 17 heteroatoms. The Labute approximate surface area is 387 Å². The summed E-state index contributed by atoms with van der Waals surface area (Å²) in [5.41, 5.74) is 5.51. The third-order valence-electron chi connectivity index (χ3n) is 12.1. The molecule has 66 heavy (non-hydrogen) atoms. The lowest BCUT2D eigenvalue weighted by Crippen LogP contribution is -2.58. The molecule has 3 amide bonds. The second-order valence-electron chi connectivity index (χ2n) is 16.2. The molecule has 5 aromatic rings. The van der Waals surface area contributed by atoms with E-state index in [0.717, 1.165) is 22.2 Å². The minimum atomic E-state index is -4.23. The van der Waals surface area contributed by atoms with Gasteiger partial charge < -0.3 is 33.5 Å². The lowest BCUT2D eigenvalue weighted by molar-refractivity contribution is -0.163. The molecule has 0 bridgehead atoms. The minimum Gasteiger partial charge on any atom is -0.497 e. The molecule has 0 spiro atoms. The van der Waals surface area contributed by atoms with E-state index in [1.807, 2.05) is 48.5 Å². The molecule has 2 unspecified atom stereocenters. The Morgan fingerprint density at radius 2 is 1.41 bits per heavy atom. The van der Waals surface area contributed by atoms with Gasteiger partial charge in [-0.05, 0) is 72.0 Å². The first-order valence-corrected chi connectivity index (χ1v) is 23.1. The predicted molar refractivity (Wildman–Crippen MR) is 244 cm³/mol. The molecule has 0 saturated carbocycles. The Morgan fingerprint density at radius 1 is 0.833 bits per heavy atom. The number of rotatable bonds is 16. The van der Waals surface area contributed by atoms with Crippen LogP contribution >= 0.6 is 11.6 Å². The largest absolute Gasteiger partial charge is 0.497 e. The summed E-state index contributed by atoms with van der Waals surface area (Å²) >= 11 is 6.95. The normalized spacial score (nSPS) is 20.7. The first-order valence-electron chi connectivity index (χ1n) is 21.1. The van der Waals surface area contributed by atoms with Crippen molar-refractivity contribution in [2.75, 3.05) is 27.3 Å². The van der Waals surface area contributed by atoms with Crippen molar-refractivity contribution in [1.29, 1.82) is 0 Å². The van der Waals surface area contributed by atoms with Crippen molar-refractivity contribution in [3.8, 4) is 23.0 Å². The van der Waals surface area contributed by atoms with Gasteiger partial charge in [0.2, 0.25) is 11.8 Å². The van der Waals surface area contributed by atoms with Crippen molar-refractivity contribution in [3.63, 3.8) is 0 Å². The Bertz CT molecular complexity index is 2700. The van der Waals surface area contributed by atoms with E-state index in [0.29, 0.717) is 28.4 Å². The second kappa shape index (κ2) is 19.3. The van der Waals surface area contributed by atoms with Gasteiger partial charge in [0.1, 0.15) is 34.8 Å². The molecule has 4 atom stereocenters. The van der Waals surface area contributed by atoms with E-state index in [-0.39, 0.29) is 55.5 Å². The number of carbonyl (C=O) groups is 4. The quantitative estimate of drug-likeness (QED) is 0.0493. The third-order valence-corrected chi connectivity index (χ3v) is 15.2. The Hall–Kier alpha value is -6.91. The number of halogens is 1. The Morgan fingerprint density at radius 3 is 1.97 bits per heavy atom. The van der Waals surface area contributed by atoms with Crippen LogP contribution in [0, 0.1) is 5.92 Å². The molecule has 3 aliphatic heterocycles. The summed E-state index contributed by atoms with van der Waals surface area (Å²) in [5.74, 6) is -1.36. The molecule has 3 aliphatic rings. The number of nitrogens with zero attached hydrogens (tertiary/aromatic N) is 3. The van der Waals surface area contributed by atoms with Crippen LogP contribution in [0.4, 0.5) is 0 Å². The average Bonchev–Trinajstić information content (AvgIpc) is 3.89. The maximum Gasteiger partial charge on any atom is 0.331 e. The van der Waals surface area contributed by atoms with Crippen LogP contribution in [0.5, 0.6) is 23.0 Å². The van der Waals surface area contributed by atoms with Crippen LogP contribution in [0.3, 0.4) is 0 Å². The van der Waals surface area contributed by atoms with Gasteiger partial charge in [0.05, 0.1) is 37.1 Å². The van der Waals surface area contributed by atoms with Crippen molar-refractivity contribution in [3.05, 3.63) is 154 Å². The van der Waals surface area contributed by atoms with Crippen molar-refractivity contribution in [2.45, 2.75) is 55.2 Å². The van der Waals surface area contributed by atoms with Gasteiger partial charge in [0.25, 0.3) is 5.91 Å². The number of hydrogen-bond acceptors (Lipinski definition) is 12. The van der Waals surface area contributed by atoms with Gasteiger partial charge in [-0.15, -0.1) is 0 Å². The monoisotopic (exact) mass is 934 g/mol. The van der Waals surface area contributed by atoms with Gasteiger partial charge in [-0.25, -0.2) is 18.6 Å². The van der Waals surface area contributed by atoms with Crippen molar-refractivity contribution >= 4 is 51.3 Å². The van der Waals surface area contributed by atoms with Gasteiger partial charge in [-0.1, -0.05) is 96.5 Å². The molecular formula is C49H47ClN4O11S. The van der Waals surface area contributed by atoms with E-state index in [9.17, 15) is 27.6 Å². The fraction of sp³-hybridized carbons (Fsp3) is 0.286. The molecule has 15 nitrogen and oxygen atoms in total. The van der Waals surface area contributed by atoms with Gasteiger partial charge in [-0.3, -0.25) is 14.4 Å². The third kappa shape index (κ3) is 9.02. The number of ether oxygens (including phenoxy) is 5. The highest BCUT2D eigenvalue weighted by Crippen LogP contribution is 2.46. The number of amides is 3. The van der Waals surface area contributed by atoms with Gasteiger partial charge in [0, 0.05) is 19.3 Å². The summed E-state index contributed by atoms with van der Waals surface area (Å²) in [4.78, 5) is 57.2. The topological polar surface area (TPSA) is 179 Å². The van der Waals surface area contributed by atoms with E-state index < -0.39 is 61.7 Å². The van der Waals surface area contributed by atoms with Crippen LogP contribution in [0.2, 0.25) is 5.02 Å². The zero-order valence-corrected chi connectivity index (χ0v) is 37.9. The molecule has 8 rings (SSSR count). The number of carbonyl (C=O) groups excluding carboxylic acids is 4. The second-order valence-corrected chi connectivity index (χ2v) is 19.1. The first kappa shape index (κ1) is 45.7. The molecule has 1 N–H and O–H groups in total. The summed E-state index contributed by atoms with van der Waals surface area (Å²) < 4.78 is 54.9. The highest BCUT2D eigenvalue weighted by Gasteiger charge is 2.70. The zero-order valence-electron chi connectivity index (χ0n) is 36.3. The van der Waals surface area contributed by atoms with E-state index in [2.05, 4.69) is 10.5 Å². The fourth-order valence-corrected chi connectivity index (χ4v) is 10.8. The molecule has 3 heterocycles. The molecule has 0 radical (unpaired) electrons. The zero-order chi connectivity index (χ0) is 46.6. The number of hydrogen-bond donors (Lipinski definition) is 1. The number of esters is 1. The van der Waals surface area contributed by atoms with E-state index >= 15 is 0 Å². The highest BCUT2D eigenvalue weighted by molar-refractivity contribution is 7.94. The fourth-order valence-electron chi connectivity index (χ4n) is 8.31. The van der Waals surface area contributed by atoms with E-state index in [4.69, 9.17) is 35.3 Å². The molecule has 0 aliphatic carbocycles. The molecule has 342 valence electrons. The van der Waals surface area contributed by atoms with E-state index in [1.165, 1.54) is 11.8 Å². The van der Waals surface area contributed by atoms with Crippen molar-refractivity contribution in [2.24, 2.45) is 11.0 Å². The molecule has 3 fully saturated rings. The Balaban J connectivity index is 0.961. The average molecular weight is 935 g/mol. The lowest BCUT2D eigenvalue weighted by Gasteiger charge is -2.36. The molecule has 5 aromatic carbocycles. The Kier molecular flexibility index (Phi) is 13.3. The summed E-state index contributed by atoms with van der Waals surface area (Å²) in [6.45, 7) is 1.78. The van der Waals surface area contributed by atoms with Gasteiger partial charge in [-0.2, -0.15) is 5.10 Å². The first-order chi connectivity index (χ1) is 31.8. The standard InChI is InChI=1S/C49H47ClN4O11S/c1-49(45(54-40(55)26-41(54)66(49,59)60)48(58)65-43(33-10-6-4-7-11-33)34-12-8-5-9-13-34)30-51-52-46(56)35-24-25-53(27-35)47(57)38-22-23-39(63-28-31-14-18-36(61-2)19-15-31)44(42(38)50)64-29-32-16-20-37(62-3)21-17-32/h4-23,30,35,41,43,45H,24-29H2,1-3H3,(H,52,56)/b51-30+/t35?,41-,45+,49?/m1/s1. The number of sulfone groups is 1. The predicted octanol–water partition coefficient (Wildman–Crippen LogP) is 6.53. The van der Waals surface area contributed by atoms with Crippen molar-refractivity contribution in [1.82, 2.24) is 15.2 Å². The molecule has 3 saturated heterocycles. The van der Waals surface area contributed by atoms with Gasteiger partial charge >= 0.3 is 5.97 Å². The van der Waals surface area contributed by atoms with Gasteiger partial charge in [0.15, 0.2) is 33.5 Å². The highest BCUT2D eigenvalue weighted by atomic mass is 35.5. The number of methoxy groups -OCH3 is 2. The number of β-lactam (4-membered cyclic amide) rings is 1. The summed E-state index contributed by atoms with van der Waals surface area (Å²) in [7, 11) is -1.07. The summed E-state index contributed by atoms with van der Waals surface area (Å²) in [5, 5.41) is 2.83. The number of nitrogens with one attached hydrogen (secondary N) is 1. The maximum absolute atomic E-state index is 14.2. The minimum absolute atomic E-state index is 0.00348. The van der Waals surface area contributed by atoms with Crippen LogP contribution < -0.4 is 24.4 Å². The van der Waals surface area contributed by atoms with Crippen LogP contribution in [-0.2, 0) is 42.2 Å². The van der Waals surface area contributed by atoms with Crippen LogP contribution in [0.1, 0.15) is 58.5 Å². The molecule has 0 aromatic heterocycles.